The number of anilines is 1. The van der Waals surface area contributed by atoms with Gasteiger partial charge in [0.2, 0.25) is 0 Å². The topological polar surface area (TPSA) is 49.6 Å². The van der Waals surface area contributed by atoms with Crippen molar-refractivity contribution in [2.45, 2.75) is 44.7 Å². The van der Waals surface area contributed by atoms with Crippen molar-refractivity contribution in [3.05, 3.63) is 42.2 Å². The van der Waals surface area contributed by atoms with E-state index in [-0.39, 0.29) is 5.82 Å². The summed E-state index contributed by atoms with van der Waals surface area (Å²) >= 11 is 0. The Kier molecular flexibility index (Phi) is 4.47. The van der Waals surface area contributed by atoms with Crippen LogP contribution in [0.15, 0.2) is 36.4 Å². The molecule has 2 fully saturated rings. The molecule has 0 aliphatic carbocycles. The van der Waals surface area contributed by atoms with E-state index in [0.717, 1.165) is 31.7 Å². The van der Waals surface area contributed by atoms with Crippen LogP contribution in [-0.4, -0.2) is 56.4 Å². The van der Waals surface area contributed by atoms with Crippen molar-refractivity contribution in [1.29, 1.82) is 0 Å². The first-order chi connectivity index (χ1) is 13.7. The number of aromatic nitrogens is 4. The molecule has 0 N–H and O–H groups in total. The fraction of sp³-hybridized carbons (Fsp3) is 0.476. The minimum absolute atomic E-state index is 0.315. The maximum atomic E-state index is 14.2. The molecule has 1 unspecified atom stereocenters. The van der Waals surface area contributed by atoms with Gasteiger partial charge in [-0.15, -0.1) is 15.3 Å². The molecule has 2 aliphatic rings. The Balaban J connectivity index is 1.39. The molecule has 5 rings (SSSR count). The second-order valence-electron chi connectivity index (χ2n) is 7.91. The zero-order valence-electron chi connectivity index (χ0n) is 16.1. The summed E-state index contributed by atoms with van der Waals surface area (Å²) in [7, 11) is 0. The third-order valence-electron chi connectivity index (χ3n) is 6.23. The summed E-state index contributed by atoms with van der Waals surface area (Å²) in [5.41, 5.74) is 1.05. The van der Waals surface area contributed by atoms with Crippen molar-refractivity contribution in [1.82, 2.24) is 24.7 Å². The van der Waals surface area contributed by atoms with Gasteiger partial charge >= 0.3 is 0 Å². The largest absolute Gasteiger partial charge is 0.355 e. The van der Waals surface area contributed by atoms with Crippen LogP contribution in [0.5, 0.6) is 0 Å². The molecule has 146 valence electrons. The number of benzene rings is 1. The highest BCUT2D eigenvalue weighted by molar-refractivity contribution is 5.60. The predicted octanol–water partition coefficient (Wildman–Crippen LogP) is 3.38. The lowest BCUT2D eigenvalue weighted by Crippen LogP contribution is -2.46. The van der Waals surface area contributed by atoms with Gasteiger partial charge in [0.25, 0.3) is 0 Å². The van der Waals surface area contributed by atoms with Crippen LogP contribution < -0.4 is 4.90 Å². The molecule has 0 saturated carbocycles. The molecule has 2 aromatic heterocycles. The van der Waals surface area contributed by atoms with Crippen LogP contribution in [0.2, 0.25) is 0 Å². The van der Waals surface area contributed by atoms with Gasteiger partial charge in [-0.3, -0.25) is 4.90 Å². The zero-order valence-corrected chi connectivity index (χ0v) is 16.1. The van der Waals surface area contributed by atoms with Crippen LogP contribution in [0.4, 0.5) is 10.2 Å². The van der Waals surface area contributed by atoms with Gasteiger partial charge in [0.15, 0.2) is 11.5 Å². The number of piperidine rings is 1. The number of likely N-dealkylation sites (tertiary alicyclic amines) is 1. The van der Waals surface area contributed by atoms with E-state index in [1.54, 1.807) is 22.7 Å². The van der Waals surface area contributed by atoms with E-state index in [1.165, 1.54) is 25.5 Å². The van der Waals surface area contributed by atoms with Crippen molar-refractivity contribution in [2.75, 3.05) is 24.5 Å². The standard InChI is InChI=1S/C21H25FN6/c1-15-5-4-12-27(15)16-10-13-26(14-11-16)20-9-8-19-23-24-21(28(19)25-20)17-6-2-3-7-18(17)22/h2-3,6-9,15-16H,4-5,10-14H2,1H3. The fourth-order valence-electron chi connectivity index (χ4n) is 4.68. The average Bonchev–Trinajstić information content (AvgIpc) is 3.34. The number of hydrogen-bond donors (Lipinski definition) is 0. The summed E-state index contributed by atoms with van der Waals surface area (Å²) in [6.07, 6.45) is 4.97. The Labute approximate surface area is 164 Å². The van der Waals surface area contributed by atoms with Gasteiger partial charge < -0.3 is 4.90 Å². The molecular weight excluding hydrogens is 355 g/mol. The van der Waals surface area contributed by atoms with E-state index in [0.29, 0.717) is 29.1 Å². The SMILES string of the molecule is CC1CCCN1C1CCN(c2ccc3nnc(-c4ccccc4F)n3n2)CC1. The summed E-state index contributed by atoms with van der Waals surface area (Å²) < 4.78 is 15.9. The lowest BCUT2D eigenvalue weighted by Gasteiger charge is -2.39. The lowest BCUT2D eigenvalue weighted by molar-refractivity contribution is 0.163. The van der Waals surface area contributed by atoms with Crippen LogP contribution >= 0.6 is 0 Å². The smallest absolute Gasteiger partial charge is 0.188 e. The summed E-state index contributed by atoms with van der Waals surface area (Å²) in [5, 5.41) is 13.1. The molecule has 6 nitrogen and oxygen atoms in total. The molecule has 2 saturated heterocycles. The Morgan fingerprint density at radius 3 is 2.54 bits per heavy atom. The van der Waals surface area contributed by atoms with Crippen LogP contribution in [0.25, 0.3) is 17.0 Å². The van der Waals surface area contributed by atoms with Gasteiger partial charge in [-0.1, -0.05) is 12.1 Å². The lowest BCUT2D eigenvalue weighted by atomic mass is 10.0. The molecule has 0 amide bonds. The second kappa shape index (κ2) is 7.13. The van der Waals surface area contributed by atoms with E-state index in [4.69, 9.17) is 5.10 Å². The van der Waals surface area contributed by atoms with Crippen LogP contribution in [0.1, 0.15) is 32.6 Å². The molecule has 7 heteroatoms. The van der Waals surface area contributed by atoms with Crippen molar-refractivity contribution in [3.8, 4) is 11.4 Å². The van der Waals surface area contributed by atoms with Crippen LogP contribution in [-0.2, 0) is 0 Å². The normalized spacial score (nSPS) is 21.6. The summed E-state index contributed by atoms with van der Waals surface area (Å²) in [5.74, 6) is 1.03. The van der Waals surface area contributed by atoms with E-state index in [1.807, 2.05) is 12.1 Å². The van der Waals surface area contributed by atoms with Gasteiger partial charge in [-0.2, -0.15) is 4.52 Å². The van der Waals surface area contributed by atoms with Crippen molar-refractivity contribution in [2.24, 2.45) is 0 Å². The van der Waals surface area contributed by atoms with Gasteiger partial charge in [0, 0.05) is 25.2 Å². The number of fused-ring (bicyclic) bond motifs is 1. The molecule has 0 radical (unpaired) electrons. The molecule has 28 heavy (non-hydrogen) atoms. The number of hydrogen-bond acceptors (Lipinski definition) is 5. The Morgan fingerprint density at radius 1 is 0.964 bits per heavy atom. The number of rotatable bonds is 3. The molecule has 2 aliphatic heterocycles. The van der Waals surface area contributed by atoms with Gasteiger partial charge in [-0.25, -0.2) is 4.39 Å². The summed E-state index contributed by atoms with van der Waals surface area (Å²) in [4.78, 5) is 5.01. The van der Waals surface area contributed by atoms with Gasteiger partial charge in [0.05, 0.1) is 5.56 Å². The van der Waals surface area contributed by atoms with Gasteiger partial charge in [0.1, 0.15) is 11.6 Å². The number of nitrogens with zero attached hydrogens (tertiary/aromatic N) is 6. The first-order valence-electron chi connectivity index (χ1n) is 10.2. The summed E-state index contributed by atoms with van der Waals surface area (Å²) in [6.45, 7) is 5.57. The molecule has 1 aromatic carbocycles. The first kappa shape index (κ1) is 17.6. The van der Waals surface area contributed by atoms with E-state index in [2.05, 4.69) is 26.9 Å². The van der Waals surface area contributed by atoms with E-state index < -0.39 is 0 Å². The van der Waals surface area contributed by atoms with E-state index >= 15 is 0 Å². The van der Waals surface area contributed by atoms with E-state index in [9.17, 15) is 4.39 Å². The maximum Gasteiger partial charge on any atom is 0.188 e. The first-order valence-corrected chi connectivity index (χ1v) is 10.2. The van der Waals surface area contributed by atoms with Gasteiger partial charge in [-0.05, 0) is 63.4 Å². The minimum Gasteiger partial charge on any atom is -0.355 e. The second-order valence-corrected chi connectivity index (χ2v) is 7.91. The third-order valence-corrected chi connectivity index (χ3v) is 6.23. The zero-order chi connectivity index (χ0) is 19.1. The predicted molar refractivity (Wildman–Crippen MR) is 107 cm³/mol. The highest BCUT2D eigenvalue weighted by atomic mass is 19.1. The van der Waals surface area contributed by atoms with Crippen molar-refractivity contribution >= 4 is 11.5 Å². The Bertz CT molecular complexity index is 978. The quantitative estimate of drug-likeness (QED) is 0.697. The highest BCUT2D eigenvalue weighted by Crippen LogP contribution is 2.28. The molecule has 0 bridgehead atoms. The monoisotopic (exact) mass is 380 g/mol. The Morgan fingerprint density at radius 2 is 1.79 bits per heavy atom. The molecule has 3 aromatic rings. The molecular formula is C21H25FN6. The minimum atomic E-state index is -0.315. The fourth-order valence-corrected chi connectivity index (χ4v) is 4.68. The van der Waals surface area contributed by atoms with Crippen molar-refractivity contribution in [3.63, 3.8) is 0 Å². The number of halogens is 1. The third kappa shape index (κ3) is 3.03. The Hall–Kier alpha value is -2.54. The van der Waals surface area contributed by atoms with Crippen LogP contribution in [0, 0.1) is 5.82 Å². The maximum absolute atomic E-state index is 14.2. The highest BCUT2D eigenvalue weighted by Gasteiger charge is 2.31. The molecule has 4 heterocycles. The average molecular weight is 380 g/mol. The van der Waals surface area contributed by atoms with Crippen LogP contribution in [0.3, 0.4) is 0 Å². The molecule has 1 atom stereocenters. The molecule has 0 spiro atoms. The van der Waals surface area contributed by atoms with Crippen molar-refractivity contribution < 1.29 is 4.39 Å². The summed E-state index contributed by atoms with van der Waals surface area (Å²) in [6, 6.07) is 11.9.